The van der Waals surface area contributed by atoms with Crippen molar-refractivity contribution in [2.45, 2.75) is 18.1 Å². The van der Waals surface area contributed by atoms with E-state index in [2.05, 4.69) is 4.98 Å². The molecule has 1 aliphatic rings. The van der Waals surface area contributed by atoms with Gasteiger partial charge >= 0.3 is 12.1 Å². The molecule has 2 atom stereocenters. The van der Waals surface area contributed by atoms with Gasteiger partial charge in [0.25, 0.3) is 10.0 Å². The molecule has 23 heavy (non-hydrogen) atoms. The van der Waals surface area contributed by atoms with Crippen molar-refractivity contribution in [2.24, 2.45) is 18.9 Å². The highest BCUT2D eigenvalue weighted by Gasteiger charge is 2.55. The monoisotopic (exact) mass is 377 g/mol. The van der Waals surface area contributed by atoms with E-state index in [1.807, 2.05) is 0 Å². The van der Waals surface area contributed by atoms with Crippen molar-refractivity contribution in [3.05, 3.63) is 12.0 Å². The van der Waals surface area contributed by atoms with Crippen molar-refractivity contribution in [3.8, 4) is 0 Å². The van der Waals surface area contributed by atoms with Crippen LogP contribution in [0.5, 0.6) is 0 Å². The second-order valence-electron chi connectivity index (χ2n) is 5.15. The molecule has 1 fully saturated rings. The van der Waals surface area contributed by atoms with Crippen LogP contribution in [0.1, 0.15) is 5.82 Å². The lowest BCUT2D eigenvalue weighted by atomic mass is 9.96. The summed E-state index contributed by atoms with van der Waals surface area (Å²) < 4.78 is 65.3. The lowest BCUT2D eigenvalue weighted by Crippen LogP contribution is -2.34. The van der Waals surface area contributed by atoms with E-state index in [1.165, 1.54) is 10.8 Å². The first-order chi connectivity index (χ1) is 9.94. The predicted octanol–water partition coefficient (Wildman–Crippen LogP) is 1.03. The Labute approximate surface area is 136 Å². The minimum atomic E-state index is -4.78. The summed E-state index contributed by atoms with van der Waals surface area (Å²) in [6.07, 6.45) is -3.60. The number of carboxylic acids is 1. The van der Waals surface area contributed by atoms with Crippen LogP contribution in [0.25, 0.3) is 0 Å². The first-order valence-electron chi connectivity index (χ1n) is 6.24. The molecule has 0 bridgehead atoms. The largest absolute Gasteiger partial charge is 0.481 e. The molecule has 12 heteroatoms. The second kappa shape index (κ2) is 6.29. The number of hydrogen-bond donors (Lipinski definition) is 1. The van der Waals surface area contributed by atoms with Gasteiger partial charge in [0.1, 0.15) is 5.82 Å². The second-order valence-corrected chi connectivity index (χ2v) is 7.04. The number of carbonyl (C=O) groups is 1. The molecule has 1 N–H and O–H groups in total. The number of hydrogen-bond acceptors (Lipinski definition) is 4. The molecule has 0 spiro atoms. The van der Waals surface area contributed by atoms with Crippen molar-refractivity contribution in [3.63, 3.8) is 0 Å². The average molecular weight is 378 g/mol. The fourth-order valence-electron chi connectivity index (χ4n) is 2.33. The number of sulfonamides is 1. The predicted molar refractivity (Wildman–Crippen MR) is 74.6 cm³/mol. The number of halogens is 4. The Morgan fingerprint density at radius 1 is 1.39 bits per heavy atom. The highest BCUT2D eigenvalue weighted by molar-refractivity contribution is 7.89. The topological polar surface area (TPSA) is 92.5 Å². The van der Waals surface area contributed by atoms with Crippen LogP contribution >= 0.6 is 12.4 Å². The van der Waals surface area contributed by atoms with Gasteiger partial charge in [0.05, 0.1) is 11.8 Å². The van der Waals surface area contributed by atoms with Crippen LogP contribution in [0.3, 0.4) is 0 Å². The number of alkyl halides is 3. The minimum absolute atomic E-state index is 0. The summed E-state index contributed by atoms with van der Waals surface area (Å²) in [5, 5.41) is 8.52. The summed E-state index contributed by atoms with van der Waals surface area (Å²) in [5.41, 5.74) is 0. The zero-order valence-electron chi connectivity index (χ0n) is 12.1. The maximum absolute atomic E-state index is 12.9. The summed E-state index contributed by atoms with van der Waals surface area (Å²) in [5.74, 6) is -5.35. The van der Waals surface area contributed by atoms with Crippen LogP contribution in [-0.4, -0.2) is 52.6 Å². The lowest BCUT2D eigenvalue weighted by molar-refractivity contribution is -0.187. The molecular weight excluding hydrogens is 363 g/mol. The van der Waals surface area contributed by atoms with Gasteiger partial charge in [-0.25, -0.2) is 13.4 Å². The van der Waals surface area contributed by atoms with E-state index in [4.69, 9.17) is 5.11 Å². The Hall–Kier alpha value is -1.33. The Morgan fingerprint density at radius 3 is 2.30 bits per heavy atom. The van der Waals surface area contributed by atoms with Crippen LogP contribution in [0.4, 0.5) is 13.2 Å². The molecule has 1 aliphatic heterocycles. The molecule has 132 valence electrons. The van der Waals surface area contributed by atoms with Crippen LogP contribution in [-0.2, 0) is 21.9 Å². The molecule has 0 unspecified atom stereocenters. The SMILES string of the molecule is Cc1nc(S(=O)(=O)N2C[C@@H](C(F)(F)F)[C@H](C(=O)O)C2)cn1C.Cl. The van der Waals surface area contributed by atoms with Crippen molar-refractivity contribution in [2.75, 3.05) is 13.1 Å². The molecule has 0 saturated carbocycles. The Kier molecular flexibility index (Phi) is 5.39. The van der Waals surface area contributed by atoms with E-state index in [0.717, 1.165) is 0 Å². The van der Waals surface area contributed by atoms with Gasteiger partial charge in [0, 0.05) is 26.3 Å². The van der Waals surface area contributed by atoms with Crippen molar-refractivity contribution < 1.29 is 31.5 Å². The summed E-state index contributed by atoms with van der Waals surface area (Å²) in [4.78, 5) is 14.8. The maximum atomic E-state index is 12.9. The van der Waals surface area contributed by atoms with Gasteiger partial charge in [-0.2, -0.15) is 17.5 Å². The van der Waals surface area contributed by atoms with E-state index in [9.17, 15) is 26.4 Å². The number of nitrogens with zero attached hydrogens (tertiary/aromatic N) is 3. The summed E-state index contributed by atoms with van der Waals surface area (Å²) in [6.45, 7) is -0.0997. The molecule has 0 amide bonds. The van der Waals surface area contributed by atoms with Crippen LogP contribution in [0.2, 0.25) is 0 Å². The molecule has 0 radical (unpaired) electrons. The van der Waals surface area contributed by atoms with Gasteiger partial charge in [-0.05, 0) is 6.92 Å². The Morgan fingerprint density at radius 2 is 1.96 bits per heavy atom. The molecule has 1 aromatic rings. The number of carboxylic acid groups (broad SMARTS) is 1. The fraction of sp³-hybridized carbons (Fsp3) is 0.636. The van der Waals surface area contributed by atoms with Gasteiger partial charge in [0.2, 0.25) is 0 Å². The third-order valence-electron chi connectivity index (χ3n) is 3.71. The molecule has 0 aliphatic carbocycles. The van der Waals surface area contributed by atoms with Crippen molar-refractivity contribution >= 4 is 28.4 Å². The zero-order chi connectivity index (χ0) is 16.9. The first kappa shape index (κ1) is 19.7. The van der Waals surface area contributed by atoms with Gasteiger partial charge < -0.3 is 9.67 Å². The molecule has 0 aromatic carbocycles. The number of aryl methyl sites for hydroxylation is 2. The minimum Gasteiger partial charge on any atom is -0.481 e. The third-order valence-corrected chi connectivity index (χ3v) is 5.42. The van der Waals surface area contributed by atoms with E-state index >= 15 is 0 Å². The maximum Gasteiger partial charge on any atom is 0.393 e. The molecule has 1 saturated heterocycles. The van der Waals surface area contributed by atoms with Crippen LogP contribution in [0, 0.1) is 18.8 Å². The van der Waals surface area contributed by atoms with Crippen molar-refractivity contribution in [1.29, 1.82) is 0 Å². The standard InChI is InChI=1S/C11H14F3N3O4S.ClH/c1-6-15-9(5-16(6)2)22(20,21)17-3-7(10(18)19)8(4-17)11(12,13)14;/h5,7-8H,3-4H2,1-2H3,(H,18,19);1H/t7-,8-;/m1./s1. The normalized spacial score (nSPS) is 22.8. The fourth-order valence-corrected chi connectivity index (χ4v) is 3.85. The third kappa shape index (κ3) is 3.61. The van der Waals surface area contributed by atoms with E-state index in [0.29, 0.717) is 10.1 Å². The van der Waals surface area contributed by atoms with Crippen LogP contribution < -0.4 is 0 Å². The Balaban J connectivity index is 0.00000264. The van der Waals surface area contributed by atoms with Gasteiger partial charge in [-0.3, -0.25) is 4.79 Å². The van der Waals surface area contributed by atoms with E-state index in [-0.39, 0.29) is 17.4 Å². The van der Waals surface area contributed by atoms with E-state index in [1.54, 1.807) is 14.0 Å². The Bertz CT molecular complexity index is 684. The van der Waals surface area contributed by atoms with Crippen LogP contribution in [0.15, 0.2) is 11.2 Å². The van der Waals surface area contributed by atoms with E-state index < -0.39 is 47.1 Å². The number of aromatic nitrogens is 2. The summed E-state index contributed by atoms with van der Waals surface area (Å²) >= 11 is 0. The highest BCUT2D eigenvalue weighted by Crippen LogP contribution is 2.39. The number of rotatable bonds is 3. The highest BCUT2D eigenvalue weighted by atomic mass is 35.5. The average Bonchev–Trinajstić information content (AvgIpc) is 2.94. The zero-order valence-corrected chi connectivity index (χ0v) is 13.7. The molecule has 2 rings (SSSR count). The quantitative estimate of drug-likeness (QED) is 0.849. The number of aliphatic carboxylic acids is 1. The number of imidazole rings is 1. The van der Waals surface area contributed by atoms with Crippen molar-refractivity contribution in [1.82, 2.24) is 13.9 Å². The summed E-state index contributed by atoms with van der Waals surface area (Å²) in [6, 6.07) is 0. The first-order valence-corrected chi connectivity index (χ1v) is 7.68. The van der Waals surface area contributed by atoms with Gasteiger partial charge in [-0.1, -0.05) is 0 Å². The summed E-state index contributed by atoms with van der Waals surface area (Å²) in [7, 11) is -2.72. The van der Waals surface area contributed by atoms with Gasteiger partial charge in [-0.15, -0.1) is 12.4 Å². The molecule has 2 heterocycles. The molecule has 1 aromatic heterocycles. The molecule has 7 nitrogen and oxygen atoms in total. The molecular formula is C11H15ClF3N3O4S. The lowest BCUT2D eigenvalue weighted by Gasteiger charge is -2.18. The van der Waals surface area contributed by atoms with Gasteiger partial charge in [0.15, 0.2) is 5.03 Å². The smallest absolute Gasteiger partial charge is 0.393 e.